The van der Waals surface area contributed by atoms with Crippen molar-refractivity contribution in [3.8, 4) is 12.1 Å². The van der Waals surface area contributed by atoms with Crippen molar-refractivity contribution in [2.45, 2.75) is 51.1 Å². The minimum atomic E-state index is -4.78. The van der Waals surface area contributed by atoms with Gasteiger partial charge in [0.1, 0.15) is 13.1 Å². The van der Waals surface area contributed by atoms with Gasteiger partial charge in [-0.2, -0.15) is 36.9 Å². The van der Waals surface area contributed by atoms with E-state index in [0.29, 0.717) is 54.6 Å². The Balaban J connectivity index is 0.0000135. The second-order valence-electron chi connectivity index (χ2n) is 21.8. The summed E-state index contributed by atoms with van der Waals surface area (Å²) in [6, 6.07) is 20.1. The maximum Gasteiger partial charge on any atom is 0.416 e. The van der Waals surface area contributed by atoms with Gasteiger partial charge in [-0.15, -0.1) is 0 Å². The summed E-state index contributed by atoms with van der Waals surface area (Å²) in [5.74, 6) is -2.54. The highest BCUT2D eigenvalue weighted by molar-refractivity contribution is 6.07. The standard InChI is InChI=1S/C60H69F6N13O6.ClH/c1-39-51(53(43-21-17-41(35-67)18-22-43)75(37-49(80)69-27-29-73(3)4)57(84)77(39)47-15-9-13-45(33-47)59(61,62)63)55(82)71-25-11-31-79(7,8)32-12-26-72-56(83)52-40(2)78(48-16-10-14-46(34-48)60(64,65)66)58(85)76(38-50(81)70-28-30-74(5)6)54(52)44-23-19-42(36-68)20-24-44;/h9-10,13-24,33-34,53-54H,11-12,25-32,37-38H2,1-8H3,(H3-,69,70,71,72,80,81,82,83);1H/t53-,54-;/m1./s1. The lowest BCUT2D eigenvalue weighted by atomic mass is 9.91. The lowest BCUT2D eigenvalue weighted by Gasteiger charge is -2.43. The van der Waals surface area contributed by atoms with E-state index >= 15 is 0 Å². The number of nitriles is 2. The van der Waals surface area contributed by atoms with Crippen LogP contribution in [0.2, 0.25) is 0 Å². The summed E-state index contributed by atoms with van der Waals surface area (Å²) in [5, 5.41) is 30.6. The van der Waals surface area contributed by atoms with Crippen LogP contribution in [0.5, 0.6) is 0 Å². The van der Waals surface area contributed by atoms with Crippen LogP contribution in [-0.2, 0) is 31.5 Å². The lowest BCUT2D eigenvalue weighted by Crippen LogP contribution is -3.00. The fraction of sp³-hybridized carbons (Fsp3) is 0.400. The molecule has 0 radical (unpaired) electrons. The number of nitrogens with zero attached hydrogens (tertiary/aromatic N) is 9. The number of urea groups is 2. The first-order valence-electron chi connectivity index (χ1n) is 27.3. The van der Waals surface area contributed by atoms with Gasteiger partial charge < -0.3 is 57.8 Å². The molecular formula is C60H70ClF6N13O6. The summed E-state index contributed by atoms with van der Waals surface area (Å²) in [6.45, 7) is 4.07. The molecule has 6 rings (SSSR count). The molecule has 19 nitrogen and oxygen atoms in total. The number of hydrogen-bond donors (Lipinski definition) is 4. The number of alkyl halides is 6. The van der Waals surface area contributed by atoms with Crippen LogP contribution in [0.15, 0.2) is 120 Å². The molecule has 26 heteroatoms. The molecule has 2 atom stereocenters. The molecule has 0 saturated heterocycles. The fourth-order valence-electron chi connectivity index (χ4n) is 10.0. The first-order chi connectivity index (χ1) is 40.1. The van der Waals surface area contributed by atoms with E-state index in [-0.39, 0.29) is 83.6 Å². The predicted octanol–water partition coefficient (Wildman–Crippen LogP) is 4.13. The van der Waals surface area contributed by atoms with Crippen molar-refractivity contribution in [2.75, 3.05) is 118 Å². The van der Waals surface area contributed by atoms with Crippen LogP contribution in [0.3, 0.4) is 0 Å². The molecule has 0 bridgehead atoms. The molecule has 86 heavy (non-hydrogen) atoms. The number of nitrogens with one attached hydrogen (secondary N) is 4. The van der Waals surface area contributed by atoms with Gasteiger partial charge in [-0.3, -0.25) is 29.0 Å². The molecule has 2 heterocycles. The Morgan fingerprint density at radius 1 is 0.558 bits per heavy atom. The molecule has 4 aromatic carbocycles. The number of amides is 8. The fourth-order valence-corrected chi connectivity index (χ4v) is 10.0. The van der Waals surface area contributed by atoms with Gasteiger partial charge in [0.15, 0.2) is 0 Å². The number of carbonyl (C=O) groups excluding carboxylic acids is 6. The van der Waals surface area contributed by atoms with Crippen LogP contribution < -0.4 is 43.5 Å². The van der Waals surface area contributed by atoms with E-state index in [4.69, 9.17) is 0 Å². The van der Waals surface area contributed by atoms with Gasteiger partial charge >= 0.3 is 24.4 Å². The van der Waals surface area contributed by atoms with Crippen LogP contribution in [-0.4, -0.2) is 168 Å². The maximum atomic E-state index is 14.7. The van der Waals surface area contributed by atoms with Crippen molar-refractivity contribution in [3.63, 3.8) is 0 Å². The molecule has 0 spiro atoms. The van der Waals surface area contributed by atoms with E-state index in [9.17, 15) is 65.6 Å². The molecule has 8 amide bonds. The van der Waals surface area contributed by atoms with Crippen LogP contribution in [0.4, 0.5) is 47.3 Å². The third kappa shape index (κ3) is 17.3. The van der Waals surface area contributed by atoms with Crippen molar-refractivity contribution in [3.05, 3.63) is 153 Å². The number of benzene rings is 4. The van der Waals surface area contributed by atoms with Crippen molar-refractivity contribution in [1.29, 1.82) is 10.5 Å². The van der Waals surface area contributed by atoms with E-state index < -0.39 is 84.3 Å². The van der Waals surface area contributed by atoms with Gasteiger partial charge in [0.2, 0.25) is 11.8 Å². The van der Waals surface area contributed by atoms with E-state index in [1.165, 1.54) is 74.5 Å². The molecule has 0 aromatic heterocycles. The maximum absolute atomic E-state index is 14.7. The number of quaternary nitrogens is 1. The molecule has 2 aliphatic heterocycles. The number of allylic oxidation sites excluding steroid dienone is 2. The Labute approximate surface area is 502 Å². The first-order valence-corrected chi connectivity index (χ1v) is 27.3. The Bertz CT molecular complexity index is 3050. The topological polar surface area (TPSA) is 218 Å². The van der Waals surface area contributed by atoms with Crippen molar-refractivity contribution >= 4 is 47.1 Å². The zero-order valence-electron chi connectivity index (χ0n) is 49.0. The molecule has 0 unspecified atom stereocenters. The van der Waals surface area contributed by atoms with Crippen molar-refractivity contribution < 1.29 is 72.0 Å². The third-order valence-corrected chi connectivity index (χ3v) is 14.4. The van der Waals surface area contributed by atoms with E-state index in [0.717, 1.165) is 56.0 Å². The Morgan fingerprint density at radius 2 is 0.907 bits per heavy atom. The summed E-state index contributed by atoms with van der Waals surface area (Å²) in [7, 11) is 11.1. The average molecular weight is 1220 g/mol. The summed E-state index contributed by atoms with van der Waals surface area (Å²) >= 11 is 0. The van der Waals surface area contributed by atoms with Gasteiger partial charge in [0.25, 0.3) is 11.8 Å². The normalized spacial score (nSPS) is 15.8. The quantitative estimate of drug-likeness (QED) is 0.0447. The SMILES string of the molecule is CC1=C(C(=O)NCCC[N+](C)(C)CCCNC(=O)C2=C(C)N(c3cccc(C(F)(F)F)c3)C(=O)N(CC(=O)NCCN(C)C)[C@@H]2c2ccc(C#N)cc2)[C@@H](c2ccc(C#N)cc2)N(CC(=O)NCCN(C)C)C(=O)N1c1cccc(C(F)(F)F)c1.[Cl-]. The number of likely N-dealkylation sites (N-methyl/N-ethyl adjacent to an activating group) is 2. The Morgan fingerprint density at radius 3 is 1.22 bits per heavy atom. The smallest absolute Gasteiger partial charge is 0.416 e. The number of halogens is 7. The molecule has 2 aliphatic rings. The van der Waals surface area contributed by atoms with Crippen LogP contribution in [0.1, 0.15) is 72.2 Å². The van der Waals surface area contributed by atoms with Crippen molar-refractivity contribution in [1.82, 2.24) is 40.9 Å². The highest BCUT2D eigenvalue weighted by Crippen LogP contribution is 2.43. The van der Waals surface area contributed by atoms with E-state index in [1.807, 2.05) is 36.0 Å². The zero-order chi connectivity index (χ0) is 62.6. The predicted molar refractivity (Wildman–Crippen MR) is 305 cm³/mol. The minimum Gasteiger partial charge on any atom is -1.00 e. The largest absolute Gasteiger partial charge is 1.00 e. The van der Waals surface area contributed by atoms with Crippen molar-refractivity contribution in [2.24, 2.45) is 0 Å². The summed E-state index contributed by atoms with van der Waals surface area (Å²) < 4.78 is 84.9. The highest BCUT2D eigenvalue weighted by atomic mass is 35.5. The molecule has 0 aliphatic carbocycles. The summed E-state index contributed by atoms with van der Waals surface area (Å²) in [5.41, 5.74) is -1.31. The number of rotatable bonds is 24. The molecule has 4 aromatic rings. The van der Waals surface area contributed by atoms with Gasteiger partial charge in [-0.05, 0) is 114 Å². The van der Waals surface area contributed by atoms with Gasteiger partial charge in [0.05, 0.1) is 96.2 Å². The number of anilines is 2. The van der Waals surface area contributed by atoms with Crippen LogP contribution in [0.25, 0.3) is 0 Å². The Kier molecular flexibility index (Phi) is 23.5. The minimum absolute atomic E-state index is 0. The second kappa shape index (κ2) is 29.5. The van der Waals surface area contributed by atoms with E-state index in [2.05, 4.69) is 21.3 Å². The van der Waals surface area contributed by atoms with Gasteiger partial charge in [-0.1, -0.05) is 36.4 Å². The van der Waals surface area contributed by atoms with E-state index in [1.54, 1.807) is 28.2 Å². The monoisotopic (exact) mass is 1220 g/mol. The van der Waals surface area contributed by atoms with Crippen LogP contribution >= 0.6 is 0 Å². The van der Waals surface area contributed by atoms with Crippen LogP contribution in [0, 0.1) is 22.7 Å². The molecule has 460 valence electrons. The second-order valence-corrected chi connectivity index (χ2v) is 21.8. The molecule has 0 fully saturated rings. The summed E-state index contributed by atoms with van der Waals surface area (Å²) in [6.07, 6.45) is -8.81. The number of hydrogen-bond acceptors (Lipinski definition) is 10. The highest BCUT2D eigenvalue weighted by Gasteiger charge is 2.46. The lowest BCUT2D eigenvalue weighted by molar-refractivity contribution is -0.890. The molecule has 4 N–H and O–H groups in total. The van der Waals surface area contributed by atoms with Gasteiger partial charge in [0, 0.05) is 63.5 Å². The Hall–Kier alpha value is -8.49. The third-order valence-electron chi connectivity index (χ3n) is 14.4. The summed E-state index contributed by atoms with van der Waals surface area (Å²) in [4.78, 5) is 93.7. The molecule has 0 saturated carbocycles. The zero-order valence-corrected chi connectivity index (χ0v) is 49.8. The first kappa shape index (κ1) is 68.3. The number of carbonyl (C=O) groups is 6. The molecular weight excluding hydrogens is 1150 g/mol. The average Bonchev–Trinajstić information content (AvgIpc) is 0.810. The van der Waals surface area contributed by atoms with Gasteiger partial charge in [-0.25, -0.2) is 9.59 Å².